The monoisotopic (exact) mass is 472 g/mol. The van der Waals surface area contributed by atoms with Gasteiger partial charge in [-0.05, 0) is 25.1 Å². The van der Waals surface area contributed by atoms with E-state index in [0.29, 0.717) is 54.0 Å². The molecule has 3 aromatic heterocycles. The molecule has 0 atom stereocenters. The summed E-state index contributed by atoms with van der Waals surface area (Å²) in [7, 11) is 3.20. The van der Waals surface area contributed by atoms with Crippen molar-refractivity contribution < 1.29 is 9.47 Å². The molecule has 0 amide bonds. The molecule has 4 heterocycles. The zero-order chi connectivity index (χ0) is 23.3. The first-order chi connectivity index (χ1) is 15.9. The Labute approximate surface area is 194 Å². The van der Waals surface area contributed by atoms with Crippen LogP contribution in [0.3, 0.4) is 0 Å². The molecule has 33 heavy (non-hydrogen) atoms. The second kappa shape index (κ2) is 8.36. The summed E-state index contributed by atoms with van der Waals surface area (Å²) in [6, 6.07) is 5.44. The highest BCUT2D eigenvalue weighted by molar-refractivity contribution is 6.32. The standard InChI is InChI=1S/C22H25ClN6O4/c1-14-13-28-18-19(24-21(28)29(14)15-4-5-17(32-3)16(23)12-15)25(2)22(31)27(20(18)30)7-6-26-8-10-33-11-9-26/h4-5,12-13H,6-11H2,1-3H3. The molecule has 0 radical (unpaired) electrons. The highest BCUT2D eigenvalue weighted by Gasteiger charge is 2.21. The second-order valence-electron chi connectivity index (χ2n) is 8.13. The van der Waals surface area contributed by atoms with Crippen molar-refractivity contribution >= 4 is 28.5 Å². The fourth-order valence-electron chi connectivity index (χ4n) is 4.39. The third kappa shape index (κ3) is 3.54. The van der Waals surface area contributed by atoms with Gasteiger partial charge in [0, 0.05) is 45.1 Å². The summed E-state index contributed by atoms with van der Waals surface area (Å²) >= 11 is 6.34. The Bertz CT molecular complexity index is 1470. The van der Waals surface area contributed by atoms with Crippen LogP contribution in [0.4, 0.5) is 0 Å². The lowest BCUT2D eigenvalue weighted by molar-refractivity contribution is 0.0361. The highest BCUT2D eigenvalue weighted by Crippen LogP contribution is 2.29. The van der Waals surface area contributed by atoms with E-state index in [1.165, 1.54) is 9.13 Å². The Balaban J connectivity index is 1.65. The Kier molecular flexibility index (Phi) is 5.51. The highest BCUT2D eigenvalue weighted by atomic mass is 35.5. The van der Waals surface area contributed by atoms with E-state index in [-0.39, 0.29) is 11.2 Å². The molecule has 4 aromatic rings. The largest absolute Gasteiger partial charge is 0.495 e. The molecule has 0 unspecified atom stereocenters. The van der Waals surface area contributed by atoms with Crippen LogP contribution >= 0.6 is 11.6 Å². The molecular weight excluding hydrogens is 448 g/mol. The molecule has 174 valence electrons. The van der Waals surface area contributed by atoms with E-state index in [4.69, 9.17) is 21.1 Å². The van der Waals surface area contributed by atoms with Gasteiger partial charge in [-0.3, -0.25) is 27.8 Å². The molecule has 5 rings (SSSR count). The van der Waals surface area contributed by atoms with Crippen LogP contribution in [-0.4, -0.2) is 67.9 Å². The number of benzene rings is 1. The number of halogens is 1. The number of hydrogen-bond donors (Lipinski definition) is 0. The molecular formula is C22H25ClN6O4. The molecule has 1 saturated heterocycles. The number of aryl methyl sites for hydroxylation is 2. The number of nitrogens with zero attached hydrogens (tertiary/aromatic N) is 6. The molecule has 11 heteroatoms. The van der Waals surface area contributed by atoms with Crippen molar-refractivity contribution in [2.75, 3.05) is 40.0 Å². The predicted molar refractivity (Wildman–Crippen MR) is 125 cm³/mol. The van der Waals surface area contributed by atoms with Crippen molar-refractivity contribution in [1.29, 1.82) is 0 Å². The SMILES string of the molecule is COc1ccc(-n2c(C)cn3c4c(=O)n(CCN5CCOCC5)c(=O)n(C)c4nc23)cc1Cl. The minimum atomic E-state index is -0.378. The summed E-state index contributed by atoms with van der Waals surface area (Å²) < 4.78 is 17.0. The number of fused-ring (bicyclic) bond motifs is 3. The average Bonchev–Trinajstić information content (AvgIpc) is 3.32. The zero-order valence-electron chi connectivity index (χ0n) is 18.7. The third-order valence-corrected chi connectivity index (χ3v) is 6.46. The first-order valence-electron chi connectivity index (χ1n) is 10.7. The summed E-state index contributed by atoms with van der Waals surface area (Å²) in [5.41, 5.74) is 1.64. The fraction of sp³-hybridized carbons (Fsp3) is 0.409. The maximum Gasteiger partial charge on any atom is 0.332 e. The van der Waals surface area contributed by atoms with Gasteiger partial charge in [0.2, 0.25) is 5.78 Å². The Morgan fingerprint density at radius 1 is 1.18 bits per heavy atom. The van der Waals surface area contributed by atoms with Crippen LogP contribution in [0.2, 0.25) is 5.02 Å². The van der Waals surface area contributed by atoms with Crippen molar-refractivity contribution in [3.05, 3.63) is 56.0 Å². The normalized spacial score (nSPS) is 15.0. The van der Waals surface area contributed by atoms with Crippen molar-refractivity contribution in [1.82, 2.24) is 28.0 Å². The molecule has 1 fully saturated rings. The van der Waals surface area contributed by atoms with Crippen LogP contribution in [0, 0.1) is 6.92 Å². The molecule has 1 aliphatic heterocycles. The van der Waals surface area contributed by atoms with Crippen molar-refractivity contribution in [2.24, 2.45) is 7.05 Å². The van der Waals surface area contributed by atoms with Crippen LogP contribution < -0.4 is 16.0 Å². The number of aromatic nitrogens is 5. The van der Waals surface area contributed by atoms with Gasteiger partial charge in [-0.25, -0.2) is 4.79 Å². The van der Waals surface area contributed by atoms with Gasteiger partial charge in [-0.2, -0.15) is 4.98 Å². The van der Waals surface area contributed by atoms with Crippen molar-refractivity contribution in [2.45, 2.75) is 13.5 Å². The summed E-state index contributed by atoms with van der Waals surface area (Å²) in [5.74, 6) is 1.10. The van der Waals surface area contributed by atoms with Gasteiger partial charge in [0.1, 0.15) is 5.75 Å². The van der Waals surface area contributed by atoms with E-state index in [1.54, 1.807) is 30.7 Å². The molecule has 0 saturated carbocycles. The van der Waals surface area contributed by atoms with E-state index in [1.807, 2.05) is 23.8 Å². The van der Waals surface area contributed by atoms with Gasteiger partial charge >= 0.3 is 5.69 Å². The van der Waals surface area contributed by atoms with E-state index < -0.39 is 0 Å². The predicted octanol–water partition coefficient (Wildman–Crippen LogP) is 1.44. The number of hydrogen-bond acceptors (Lipinski definition) is 6. The van der Waals surface area contributed by atoms with Crippen LogP contribution in [0.1, 0.15) is 5.69 Å². The lowest BCUT2D eigenvalue weighted by Crippen LogP contribution is -2.44. The Morgan fingerprint density at radius 3 is 2.64 bits per heavy atom. The average molecular weight is 473 g/mol. The van der Waals surface area contributed by atoms with Crippen LogP contribution in [0.5, 0.6) is 5.75 Å². The molecule has 0 aliphatic carbocycles. The Morgan fingerprint density at radius 2 is 1.94 bits per heavy atom. The van der Waals surface area contributed by atoms with Gasteiger partial charge in [-0.1, -0.05) is 11.6 Å². The number of morpholine rings is 1. The summed E-state index contributed by atoms with van der Waals surface area (Å²) in [5, 5.41) is 0.468. The first kappa shape index (κ1) is 21.7. The van der Waals surface area contributed by atoms with Gasteiger partial charge in [0.25, 0.3) is 5.56 Å². The first-order valence-corrected chi connectivity index (χ1v) is 11.1. The molecule has 0 bridgehead atoms. The minimum Gasteiger partial charge on any atom is -0.495 e. The fourth-order valence-corrected chi connectivity index (χ4v) is 4.64. The quantitative estimate of drug-likeness (QED) is 0.437. The van der Waals surface area contributed by atoms with Gasteiger partial charge < -0.3 is 9.47 Å². The Hall–Kier alpha value is -3.08. The number of ether oxygens (including phenoxy) is 2. The minimum absolute atomic E-state index is 0.308. The van der Waals surface area contributed by atoms with Crippen molar-refractivity contribution in [3.8, 4) is 11.4 Å². The van der Waals surface area contributed by atoms with E-state index >= 15 is 0 Å². The van der Waals surface area contributed by atoms with Crippen LogP contribution in [0.15, 0.2) is 34.0 Å². The van der Waals surface area contributed by atoms with E-state index in [0.717, 1.165) is 24.5 Å². The van der Waals surface area contributed by atoms with E-state index in [2.05, 4.69) is 9.88 Å². The number of imidazole rings is 2. The maximum absolute atomic E-state index is 13.4. The zero-order valence-corrected chi connectivity index (χ0v) is 19.5. The topological polar surface area (TPSA) is 87.9 Å². The summed E-state index contributed by atoms with van der Waals surface area (Å²) in [4.78, 5) is 33.3. The third-order valence-electron chi connectivity index (χ3n) is 6.16. The summed E-state index contributed by atoms with van der Waals surface area (Å²) in [6.45, 7) is 5.76. The molecule has 0 N–H and O–H groups in total. The molecule has 0 spiro atoms. The van der Waals surface area contributed by atoms with Crippen molar-refractivity contribution in [3.63, 3.8) is 0 Å². The smallest absolute Gasteiger partial charge is 0.332 e. The molecule has 1 aliphatic rings. The number of rotatable bonds is 5. The maximum atomic E-state index is 13.4. The second-order valence-corrected chi connectivity index (χ2v) is 8.54. The summed E-state index contributed by atoms with van der Waals surface area (Å²) in [6.07, 6.45) is 1.85. The van der Waals surface area contributed by atoms with Crippen LogP contribution in [0.25, 0.3) is 22.6 Å². The van der Waals surface area contributed by atoms with E-state index in [9.17, 15) is 9.59 Å². The molecule has 10 nitrogen and oxygen atoms in total. The van der Waals surface area contributed by atoms with Gasteiger partial charge in [0.05, 0.1) is 31.0 Å². The molecule has 1 aromatic carbocycles. The number of methoxy groups -OCH3 is 1. The lowest BCUT2D eigenvalue weighted by atomic mass is 10.3. The lowest BCUT2D eigenvalue weighted by Gasteiger charge is -2.26. The van der Waals surface area contributed by atoms with Gasteiger partial charge in [-0.15, -0.1) is 0 Å². The van der Waals surface area contributed by atoms with Gasteiger partial charge in [0.15, 0.2) is 11.2 Å². The van der Waals surface area contributed by atoms with Crippen LogP contribution in [-0.2, 0) is 18.3 Å².